The zero-order chi connectivity index (χ0) is 9.52. The zero-order valence-electron chi connectivity index (χ0n) is 7.87. The van der Waals surface area contributed by atoms with Crippen LogP contribution in [0.1, 0.15) is 19.3 Å². The third kappa shape index (κ3) is 4.00. The number of aliphatic hydroxyl groups excluding tert-OH is 1. The highest BCUT2D eigenvalue weighted by atomic mass is 32.2. The monoisotopic (exact) mass is 203 g/mol. The number of nitrogens with zero attached hydrogens (tertiary/aromatic N) is 1. The van der Waals surface area contributed by atoms with Gasteiger partial charge in [0.15, 0.2) is 0 Å². The van der Waals surface area contributed by atoms with Gasteiger partial charge in [-0.25, -0.2) is 0 Å². The SMILES string of the molecule is O=C(CCCCO)N1CCSCC1. The molecule has 0 aromatic rings. The smallest absolute Gasteiger partial charge is 0.222 e. The van der Waals surface area contributed by atoms with Gasteiger partial charge in [-0.2, -0.15) is 11.8 Å². The zero-order valence-corrected chi connectivity index (χ0v) is 8.68. The molecule has 3 nitrogen and oxygen atoms in total. The summed E-state index contributed by atoms with van der Waals surface area (Å²) in [4.78, 5) is 13.4. The van der Waals surface area contributed by atoms with Crippen LogP contribution >= 0.6 is 11.8 Å². The summed E-state index contributed by atoms with van der Waals surface area (Å²) in [6.07, 6.45) is 2.17. The standard InChI is InChI=1S/C9H17NO2S/c11-6-2-1-3-9(12)10-4-7-13-8-5-10/h11H,1-8H2. The van der Waals surface area contributed by atoms with E-state index in [9.17, 15) is 4.79 Å². The summed E-state index contributed by atoms with van der Waals surface area (Å²) in [5.74, 6) is 2.41. The lowest BCUT2D eigenvalue weighted by Gasteiger charge is -2.26. The molecule has 1 N–H and O–H groups in total. The molecule has 0 unspecified atom stereocenters. The Kier molecular flexibility index (Phi) is 5.23. The van der Waals surface area contributed by atoms with E-state index >= 15 is 0 Å². The van der Waals surface area contributed by atoms with Crippen LogP contribution in [0.15, 0.2) is 0 Å². The van der Waals surface area contributed by atoms with Crippen LogP contribution in [0.4, 0.5) is 0 Å². The fourth-order valence-corrected chi connectivity index (χ4v) is 2.26. The number of hydrogen-bond acceptors (Lipinski definition) is 3. The Hall–Kier alpha value is -0.220. The van der Waals surface area contributed by atoms with Crippen molar-refractivity contribution in [1.29, 1.82) is 0 Å². The summed E-state index contributed by atoms with van der Waals surface area (Å²) in [6, 6.07) is 0. The first kappa shape index (κ1) is 10.9. The number of rotatable bonds is 4. The molecular formula is C9H17NO2S. The highest BCUT2D eigenvalue weighted by Crippen LogP contribution is 2.11. The average molecular weight is 203 g/mol. The molecule has 0 aromatic carbocycles. The van der Waals surface area contributed by atoms with E-state index in [-0.39, 0.29) is 12.5 Å². The van der Waals surface area contributed by atoms with Gasteiger partial charge in [0.2, 0.25) is 5.91 Å². The summed E-state index contributed by atoms with van der Waals surface area (Å²) < 4.78 is 0. The van der Waals surface area contributed by atoms with Crippen molar-refractivity contribution < 1.29 is 9.90 Å². The first-order valence-corrected chi connectivity index (χ1v) is 5.96. The maximum absolute atomic E-state index is 11.5. The molecule has 1 heterocycles. The first-order valence-electron chi connectivity index (χ1n) is 4.81. The molecule has 13 heavy (non-hydrogen) atoms. The second-order valence-electron chi connectivity index (χ2n) is 3.17. The molecule has 76 valence electrons. The molecular weight excluding hydrogens is 186 g/mol. The fraction of sp³-hybridized carbons (Fsp3) is 0.889. The van der Waals surface area contributed by atoms with E-state index in [1.165, 1.54) is 0 Å². The van der Waals surface area contributed by atoms with Crippen molar-refractivity contribution in [1.82, 2.24) is 4.90 Å². The van der Waals surface area contributed by atoms with Crippen molar-refractivity contribution in [2.24, 2.45) is 0 Å². The predicted octanol–water partition coefficient (Wildman–Crippen LogP) is 0.724. The van der Waals surface area contributed by atoms with E-state index in [4.69, 9.17) is 5.11 Å². The number of amides is 1. The van der Waals surface area contributed by atoms with Crippen LogP contribution < -0.4 is 0 Å². The lowest BCUT2D eigenvalue weighted by molar-refractivity contribution is -0.130. The Morgan fingerprint density at radius 2 is 2.00 bits per heavy atom. The fourth-order valence-electron chi connectivity index (χ4n) is 1.36. The van der Waals surface area contributed by atoms with Gasteiger partial charge in [-0.1, -0.05) is 0 Å². The van der Waals surface area contributed by atoms with Crippen LogP contribution in [0, 0.1) is 0 Å². The molecule has 0 aliphatic carbocycles. The number of thioether (sulfide) groups is 1. The Labute approximate surface area is 83.5 Å². The normalized spacial score (nSPS) is 17.5. The molecule has 0 atom stereocenters. The topological polar surface area (TPSA) is 40.5 Å². The highest BCUT2D eigenvalue weighted by molar-refractivity contribution is 7.99. The molecule has 1 rings (SSSR count). The third-order valence-corrected chi connectivity index (χ3v) is 3.11. The summed E-state index contributed by atoms with van der Waals surface area (Å²) in [6.45, 7) is 2.01. The Morgan fingerprint density at radius 3 is 2.62 bits per heavy atom. The number of unbranched alkanes of at least 4 members (excludes halogenated alkanes) is 1. The van der Waals surface area contributed by atoms with Crippen molar-refractivity contribution >= 4 is 17.7 Å². The van der Waals surface area contributed by atoms with Crippen molar-refractivity contribution in [3.63, 3.8) is 0 Å². The maximum Gasteiger partial charge on any atom is 0.222 e. The van der Waals surface area contributed by atoms with Crippen molar-refractivity contribution in [3.8, 4) is 0 Å². The molecule has 0 saturated carbocycles. The summed E-state index contributed by atoms with van der Waals surface area (Å²) in [5, 5.41) is 8.56. The number of carbonyl (C=O) groups is 1. The van der Waals surface area contributed by atoms with Crippen LogP contribution in [0.25, 0.3) is 0 Å². The third-order valence-electron chi connectivity index (χ3n) is 2.16. The van der Waals surface area contributed by atoms with Gasteiger partial charge in [0.25, 0.3) is 0 Å². The van der Waals surface area contributed by atoms with Crippen molar-refractivity contribution in [2.45, 2.75) is 19.3 Å². The Morgan fingerprint density at radius 1 is 1.31 bits per heavy atom. The van der Waals surface area contributed by atoms with Crippen molar-refractivity contribution in [2.75, 3.05) is 31.2 Å². The summed E-state index contributed by atoms with van der Waals surface area (Å²) in [7, 11) is 0. The van der Waals surface area contributed by atoms with Crippen LogP contribution in [0.3, 0.4) is 0 Å². The van der Waals surface area contributed by atoms with Gasteiger partial charge >= 0.3 is 0 Å². The minimum Gasteiger partial charge on any atom is -0.396 e. The second-order valence-corrected chi connectivity index (χ2v) is 4.40. The second kappa shape index (κ2) is 6.27. The molecule has 1 aliphatic rings. The lowest BCUT2D eigenvalue weighted by atomic mass is 10.2. The molecule has 0 spiro atoms. The lowest BCUT2D eigenvalue weighted by Crippen LogP contribution is -2.37. The highest BCUT2D eigenvalue weighted by Gasteiger charge is 2.15. The van der Waals surface area contributed by atoms with Crippen LogP contribution in [-0.4, -0.2) is 47.1 Å². The summed E-state index contributed by atoms with van der Waals surface area (Å²) >= 11 is 1.91. The average Bonchev–Trinajstić information content (AvgIpc) is 2.19. The van der Waals surface area contributed by atoms with E-state index in [0.717, 1.165) is 37.4 Å². The van der Waals surface area contributed by atoms with Gasteiger partial charge in [-0.3, -0.25) is 4.79 Å². The minimum absolute atomic E-state index is 0.198. The number of carbonyl (C=O) groups excluding carboxylic acids is 1. The van der Waals surface area contributed by atoms with Crippen LogP contribution in [-0.2, 0) is 4.79 Å². The molecule has 1 fully saturated rings. The Bertz CT molecular complexity index is 158. The van der Waals surface area contributed by atoms with E-state index in [2.05, 4.69) is 0 Å². The Balaban J connectivity index is 2.13. The van der Waals surface area contributed by atoms with Gasteiger partial charge in [-0.05, 0) is 12.8 Å². The van der Waals surface area contributed by atoms with Crippen LogP contribution in [0.2, 0.25) is 0 Å². The van der Waals surface area contributed by atoms with Crippen molar-refractivity contribution in [3.05, 3.63) is 0 Å². The number of hydrogen-bond donors (Lipinski definition) is 1. The number of aliphatic hydroxyl groups is 1. The minimum atomic E-state index is 0.198. The largest absolute Gasteiger partial charge is 0.396 e. The maximum atomic E-state index is 11.5. The van der Waals surface area contributed by atoms with E-state index in [0.29, 0.717) is 6.42 Å². The molecule has 0 radical (unpaired) electrons. The molecule has 1 aliphatic heterocycles. The van der Waals surface area contributed by atoms with Gasteiger partial charge in [0, 0.05) is 37.6 Å². The van der Waals surface area contributed by atoms with Gasteiger partial charge in [-0.15, -0.1) is 0 Å². The summed E-state index contributed by atoms with van der Waals surface area (Å²) in [5.41, 5.74) is 0. The molecule has 4 heteroatoms. The van der Waals surface area contributed by atoms with Crippen LogP contribution in [0.5, 0.6) is 0 Å². The molecule has 0 bridgehead atoms. The quantitative estimate of drug-likeness (QED) is 0.685. The van der Waals surface area contributed by atoms with Gasteiger partial charge in [0.05, 0.1) is 0 Å². The van der Waals surface area contributed by atoms with E-state index in [1.807, 2.05) is 16.7 Å². The predicted molar refractivity (Wildman–Crippen MR) is 54.8 cm³/mol. The molecule has 1 amide bonds. The molecule has 0 aromatic heterocycles. The molecule has 1 saturated heterocycles. The van der Waals surface area contributed by atoms with E-state index < -0.39 is 0 Å². The van der Waals surface area contributed by atoms with Gasteiger partial charge < -0.3 is 10.0 Å². The van der Waals surface area contributed by atoms with Gasteiger partial charge in [0.1, 0.15) is 0 Å². The van der Waals surface area contributed by atoms with E-state index in [1.54, 1.807) is 0 Å². The first-order chi connectivity index (χ1) is 6.34.